The van der Waals surface area contributed by atoms with Gasteiger partial charge in [-0.1, -0.05) is 30.3 Å². The van der Waals surface area contributed by atoms with Crippen LogP contribution in [0, 0.1) is 0 Å². The van der Waals surface area contributed by atoms with Gasteiger partial charge in [-0.15, -0.1) is 0 Å². The first-order chi connectivity index (χ1) is 10.3. The number of nitrogens with two attached hydrogens (primary N) is 1. The summed E-state index contributed by atoms with van der Waals surface area (Å²) in [5.74, 6) is 1.62. The number of nitrogens with one attached hydrogen (secondary N) is 1. The van der Waals surface area contributed by atoms with Gasteiger partial charge in [-0.2, -0.15) is 0 Å². The summed E-state index contributed by atoms with van der Waals surface area (Å²) in [5.41, 5.74) is 8.50. The third-order valence-electron chi connectivity index (χ3n) is 3.07. The summed E-state index contributed by atoms with van der Waals surface area (Å²) in [6, 6.07) is 25.2. The number of hydrogen-bond acceptors (Lipinski definition) is 3. The van der Waals surface area contributed by atoms with Gasteiger partial charge in [0.2, 0.25) is 0 Å². The van der Waals surface area contributed by atoms with Crippen molar-refractivity contribution in [1.82, 2.24) is 0 Å². The molecule has 0 saturated carbocycles. The summed E-state index contributed by atoms with van der Waals surface area (Å²) in [5, 5.41) is 3.28. The largest absolute Gasteiger partial charge is 0.457 e. The summed E-state index contributed by atoms with van der Waals surface area (Å²) in [7, 11) is 0. The van der Waals surface area contributed by atoms with Gasteiger partial charge in [0.25, 0.3) is 0 Å². The molecule has 0 fully saturated rings. The molecular weight excluding hydrogens is 260 g/mol. The fourth-order valence-corrected chi connectivity index (χ4v) is 2.00. The van der Waals surface area contributed by atoms with E-state index in [2.05, 4.69) is 5.32 Å². The molecule has 0 amide bonds. The van der Waals surface area contributed by atoms with E-state index < -0.39 is 0 Å². The maximum atomic E-state index is 5.91. The third kappa shape index (κ3) is 3.34. The molecule has 3 aromatic rings. The van der Waals surface area contributed by atoms with Crippen LogP contribution in [0.25, 0.3) is 0 Å². The number of benzene rings is 3. The van der Waals surface area contributed by atoms with E-state index in [9.17, 15) is 0 Å². The molecule has 3 rings (SSSR count). The number of rotatable bonds is 4. The summed E-state index contributed by atoms with van der Waals surface area (Å²) in [6.45, 7) is 0. The Morgan fingerprint density at radius 2 is 1.29 bits per heavy atom. The third-order valence-corrected chi connectivity index (χ3v) is 3.07. The normalized spacial score (nSPS) is 10.1. The topological polar surface area (TPSA) is 47.3 Å². The van der Waals surface area contributed by atoms with Crippen molar-refractivity contribution < 1.29 is 4.74 Å². The van der Waals surface area contributed by atoms with Crippen LogP contribution in [0.2, 0.25) is 0 Å². The Bertz CT molecular complexity index is 709. The van der Waals surface area contributed by atoms with Gasteiger partial charge in [0.15, 0.2) is 0 Å². The highest BCUT2D eigenvalue weighted by molar-refractivity contribution is 5.72. The van der Waals surface area contributed by atoms with Crippen LogP contribution >= 0.6 is 0 Å². The zero-order valence-electron chi connectivity index (χ0n) is 11.5. The van der Waals surface area contributed by atoms with Gasteiger partial charge in [0.05, 0.1) is 11.4 Å². The van der Waals surface area contributed by atoms with Crippen molar-refractivity contribution in [2.45, 2.75) is 0 Å². The molecule has 0 aliphatic carbocycles. The minimum atomic E-state index is 0.724. The van der Waals surface area contributed by atoms with Crippen LogP contribution in [0.4, 0.5) is 17.1 Å². The Kier molecular flexibility index (Phi) is 3.74. The number of anilines is 3. The zero-order valence-corrected chi connectivity index (χ0v) is 11.5. The van der Waals surface area contributed by atoms with Gasteiger partial charge in [-0.05, 0) is 48.5 Å². The van der Waals surface area contributed by atoms with Crippen molar-refractivity contribution in [3.05, 3.63) is 78.9 Å². The highest BCUT2D eigenvalue weighted by Gasteiger charge is 2.00. The second-order valence-electron chi connectivity index (χ2n) is 4.65. The summed E-state index contributed by atoms with van der Waals surface area (Å²) >= 11 is 0. The number of nitrogen functional groups attached to an aromatic ring is 1. The monoisotopic (exact) mass is 276 g/mol. The van der Waals surface area contributed by atoms with Crippen LogP contribution in [-0.2, 0) is 0 Å². The molecule has 0 aliphatic heterocycles. The molecular formula is C18H16N2O. The van der Waals surface area contributed by atoms with Crippen molar-refractivity contribution in [1.29, 1.82) is 0 Å². The Morgan fingerprint density at radius 3 is 2.00 bits per heavy atom. The van der Waals surface area contributed by atoms with E-state index in [1.807, 2.05) is 78.9 Å². The lowest BCUT2D eigenvalue weighted by Gasteiger charge is -2.10. The zero-order chi connectivity index (χ0) is 14.5. The quantitative estimate of drug-likeness (QED) is 0.672. The molecule has 21 heavy (non-hydrogen) atoms. The molecule has 0 heterocycles. The van der Waals surface area contributed by atoms with Crippen LogP contribution < -0.4 is 15.8 Å². The van der Waals surface area contributed by atoms with Crippen molar-refractivity contribution in [2.24, 2.45) is 0 Å². The smallest absolute Gasteiger partial charge is 0.127 e. The Labute approximate surface area is 124 Å². The molecule has 0 aromatic heterocycles. The first kappa shape index (κ1) is 13.1. The second kappa shape index (κ2) is 6.01. The summed E-state index contributed by atoms with van der Waals surface area (Å²) in [4.78, 5) is 0. The lowest BCUT2D eigenvalue weighted by atomic mass is 10.2. The van der Waals surface area contributed by atoms with E-state index in [4.69, 9.17) is 10.5 Å². The van der Waals surface area contributed by atoms with Crippen LogP contribution in [0.3, 0.4) is 0 Å². The van der Waals surface area contributed by atoms with Gasteiger partial charge in [0.1, 0.15) is 11.5 Å². The Morgan fingerprint density at radius 1 is 0.667 bits per heavy atom. The van der Waals surface area contributed by atoms with E-state index in [0.29, 0.717) is 0 Å². The van der Waals surface area contributed by atoms with Gasteiger partial charge in [0, 0.05) is 5.69 Å². The standard InChI is InChI=1S/C18H16N2O/c19-17-8-4-5-9-18(17)20-14-10-12-16(13-11-14)21-15-6-2-1-3-7-15/h1-13,20H,19H2. The molecule has 3 nitrogen and oxygen atoms in total. The van der Waals surface area contributed by atoms with Gasteiger partial charge in [-0.25, -0.2) is 0 Å². The lowest BCUT2D eigenvalue weighted by Crippen LogP contribution is -1.95. The molecule has 3 heteroatoms. The minimum Gasteiger partial charge on any atom is -0.457 e. The maximum Gasteiger partial charge on any atom is 0.127 e. The maximum absolute atomic E-state index is 5.91. The first-order valence-electron chi connectivity index (χ1n) is 6.76. The average Bonchev–Trinajstić information content (AvgIpc) is 2.52. The number of ether oxygens (including phenoxy) is 1. The molecule has 3 aromatic carbocycles. The Balaban J connectivity index is 1.71. The highest BCUT2D eigenvalue weighted by atomic mass is 16.5. The molecule has 0 unspecified atom stereocenters. The fourth-order valence-electron chi connectivity index (χ4n) is 2.00. The lowest BCUT2D eigenvalue weighted by molar-refractivity contribution is 0.483. The van der Waals surface area contributed by atoms with Gasteiger partial charge >= 0.3 is 0 Å². The molecule has 0 spiro atoms. The minimum absolute atomic E-state index is 0.724. The van der Waals surface area contributed by atoms with Crippen molar-refractivity contribution in [2.75, 3.05) is 11.1 Å². The number of para-hydroxylation sites is 3. The molecule has 0 radical (unpaired) electrons. The van der Waals surface area contributed by atoms with E-state index >= 15 is 0 Å². The first-order valence-corrected chi connectivity index (χ1v) is 6.76. The molecule has 0 aliphatic rings. The van der Waals surface area contributed by atoms with Crippen molar-refractivity contribution in [3.63, 3.8) is 0 Å². The van der Waals surface area contributed by atoms with E-state index in [1.54, 1.807) is 0 Å². The van der Waals surface area contributed by atoms with Gasteiger partial charge < -0.3 is 15.8 Å². The number of hydrogen-bond donors (Lipinski definition) is 2. The van der Waals surface area contributed by atoms with E-state index in [1.165, 1.54) is 0 Å². The molecule has 0 atom stereocenters. The van der Waals surface area contributed by atoms with Crippen LogP contribution in [0.15, 0.2) is 78.9 Å². The summed E-state index contributed by atoms with van der Waals surface area (Å²) < 4.78 is 5.75. The fraction of sp³-hybridized carbons (Fsp3) is 0. The van der Waals surface area contributed by atoms with Crippen LogP contribution in [0.5, 0.6) is 11.5 Å². The predicted molar refractivity (Wildman–Crippen MR) is 87.1 cm³/mol. The SMILES string of the molecule is Nc1ccccc1Nc1ccc(Oc2ccccc2)cc1. The van der Waals surface area contributed by atoms with Gasteiger partial charge in [-0.3, -0.25) is 0 Å². The predicted octanol–water partition coefficient (Wildman–Crippen LogP) is 4.80. The van der Waals surface area contributed by atoms with E-state index in [0.717, 1.165) is 28.6 Å². The highest BCUT2D eigenvalue weighted by Crippen LogP contribution is 2.26. The molecule has 0 saturated heterocycles. The van der Waals surface area contributed by atoms with E-state index in [-0.39, 0.29) is 0 Å². The van der Waals surface area contributed by atoms with Crippen LogP contribution in [-0.4, -0.2) is 0 Å². The Hall–Kier alpha value is -2.94. The summed E-state index contributed by atoms with van der Waals surface area (Å²) in [6.07, 6.45) is 0. The molecule has 3 N–H and O–H groups in total. The van der Waals surface area contributed by atoms with Crippen molar-refractivity contribution in [3.8, 4) is 11.5 Å². The average molecular weight is 276 g/mol. The van der Waals surface area contributed by atoms with Crippen LogP contribution in [0.1, 0.15) is 0 Å². The molecule has 0 bridgehead atoms. The van der Waals surface area contributed by atoms with Crippen molar-refractivity contribution >= 4 is 17.1 Å². The second-order valence-corrected chi connectivity index (χ2v) is 4.65. The molecule has 104 valence electrons.